The van der Waals surface area contributed by atoms with Crippen molar-refractivity contribution in [2.75, 3.05) is 23.9 Å². The Morgan fingerprint density at radius 3 is 3.00 bits per heavy atom. The van der Waals surface area contributed by atoms with Crippen molar-refractivity contribution in [3.05, 3.63) is 12.4 Å². The van der Waals surface area contributed by atoms with Crippen LogP contribution in [0.15, 0.2) is 12.4 Å². The van der Waals surface area contributed by atoms with E-state index in [4.69, 9.17) is 0 Å². The Kier molecular flexibility index (Phi) is 7.14. The zero-order valence-corrected chi connectivity index (χ0v) is 11.2. The molecule has 1 aromatic heterocycles. The summed E-state index contributed by atoms with van der Waals surface area (Å²) in [5.41, 5.74) is 0. The standard InChI is InChI=1S/C12H23N3S/c1-3-4-7-13-12-14-8-10-15(12)9-5-6-11-16-2/h8,10H,3-7,9,11H2,1-2H3,(H,13,14). The number of rotatable bonds is 9. The van der Waals surface area contributed by atoms with Crippen molar-refractivity contribution in [1.29, 1.82) is 0 Å². The molecule has 1 heterocycles. The van der Waals surface area contributed by atoms with Crippen molar-refractivity contribution >= 4 is 17.7 Å². The molecule has 0 fully saturated rings. The van der Waals surface area contributed by atoms with Crippen molar-refractivity contribution in [2.45, 2.75) is 39.2 Å². The lowest BCUT2D eigenvalue weighted by molar-refractivity contribution is 0.637. The lowest BCUT2D eigenvalue weighted by Crippen LogP contribution is -2.08. The molecule has 1 N–H and O–H groups in total. The molecular weight excluding hydrogens is 218 g/mol. The fourth-order valence-corrected chi connectivity index (χ4v) is 2.06. The summed E-state index contributed by atoms with van der Waals surface area (Å²) >= 11 is 1.92. The highest BCUT2D eigenvalue weighted by Gasteiger charge is 2.00. The molecule has 0 unspecified atom stereocenters. The molecule has 0 aliphatic carbocycles. The molecule has 1 rings (SSSR count). The van der Waals surface area contributed by atoms with Gasteiger partial charge in [-0.15, -0.1) is 0 Å². The van der Waals surface area contributed by atoms with Gasteiger partial charge in [0.15, 0.2) is 0 Å². The smallest absolute Gasteiger partial charge is 0.202 e. The molecule has 0 saturated carbocycles. The summed E-state index contributed by atoms with van der Waals surface area (Å²) < 4.78 is 2.22. The van der Waals surface area contributed by atoms with Crippen LogP contribution in [0.1, 0.15) is 32.6 Å². The van der Waals surface area contributed by atoms with Crippen molar-refractivity contribution in [3.63, 3.8) is 0 Å². The number of nitrogens with zero attached hydrogens (tertiary/aromatic N) is 2. The van der Waals surface area contributed by atoms with Gasteiger partial charge in [0, 0.05) is 25.5 Å². The Labute approximate surface area is 103 Å². The van der Waals surface area contributed by atoms with E-state index in [1.807, 2.05) is 18.0 Å². The molecule has 0 atom stereocenters. The van der Waals surface area contributed by atoms with Crippen LogP contribution in [0.4, 0.5) is 5.95 Å². The predicted octanol–water partition coefficient (Wildman–Crippen LogP) is 3.24. The molecule has 0 aliphatic heterocycles. The fourth-order valence-electron chi connectivity index (χ4n) is 1.56. The number of nitrogens with one attached hydrogen (secondary N) is 1. The Morgan fingerprint density at radius 1 is 1.38 bits per heavy atom. The molecule has 0 aromatic carbocycles. The van der Waals surface area contributed by atoms with E-state index in [0.717, 1.165) is 19.0 Å². The summed E-state index contributed by atoms with van der Waals surface area (Å²) in [4.78, 5) is 4.33. The van der Waals surface area contributed by atoms with E-state index in [1.54, 1.807) is 0 Å². The topological polar surface area (TPSA) is 29.9 Å². The number of thioether (sulfide) groups is 1. The third kappa shape index (κ3) is 4.92. The van der Waals surface area contributed by atoms with Gasteiger partial charge in [0.25, 0.3) is 0 Å². The van der Waals surface area contributed by atoms with Gasteiger partial charge in [-0.1, -0.05) is 13.3 Å². The van der Waals surface area contributed by atoms with Gasteiger partial charge in [0.05, 0.1) is 0 Å². The maximum Gasteiger partial charge on any atom is 0.202 e. The first-order valence-corrected chi connectivity index (χ1v) is 7.51. The van der Waals surface area contributed by atoms with Crippen molar-refractivity contribution in [3.8, 4) is 0 Å². The monoisotopic (exact) mass is 241 g/mol. The first-order chi connectivity index (χ1) is 7.88. The summed E-state index contributed by atoms with van der Waals surface area (Å²) in [6.45, 7) is 4.31. The summed E-state index contributed by atoms with van der Waals surface area (Å²) in [6.07, 6.45) is 11.1. The maximum atomic E-state index is 4.33. The zero-order chi connectivity index (χ0) is 11.6. The van der Waals surface area contributed by atoms with Gasteiger partial charge in [-0.25, -0.2) is 4.98 Å². The van der Waals surface area contributed by atoms with E-state index in [1.165, 1.54) is 31.4 Å². The molecule has 0 radical (unpaired) electrons. The minimum absolute atomic E-state index is 1.03. The molecule has 1 aromatic rings. The molecular formula is C12H23N3S. The van der Waals surface area contributed by atoms with E-state index >= 15 is 0 Å². The van der Waals surface area contributed by atoms with E-state index < -0.39 is 0 Å². The second kappa shape index (κ2) is 8.50. The second-order valence-electron chi connectivity index (χ2n) is 3.92. The van der Waals surface area contributed by atoms with Crippen LogP contribution in [0.2, 0.25) is 0 Å². The Morgan fingerprint density at radius 2 is 2.25 bits per heavy atom. The molecule has 3 nitrogen and oxygen atoms in total. The fraction of sp³-hybridized carbons (Fsp3) is 0.750. The Bertz CT molecular complexity index is 273. The second-order valence-corrected chi connectivity index (χ2v) is 4.91. The third-order valence-corrected chi connectivity index (χ3v) is 3.22. The normalized spacial score (nSPS) is 10.6. The predicted molar refractivity (Wildman–Crippen MR) is 73.2 cm³/mol. The highest BCUT2D eigenvalue weighted by molar-refractivity contribution is 7.98. The molecule has 0 amide bonds. The summed E-state index contributed by atoms with van der Waals surface area (Å²) in [5.74, 6) is 2.28. The lowest BCUT2D eigenvalue weighted by atomic mass is 10.3. The number of hydrogen-bond donors (Lipinski definition) is 1. The van der Waals surface area contributed by atoms with Crippen LogP contribution in [0, 0.1) is 0 Å². The Hall–Kier alpha value is -0.640. The summed E-state index contributed by atoms with van der Waals surface area (Å²) in [5, 5.41) is 3.38. The number of imidazole rings is 1. The highest BCUT2D eigenvalue weighted by atomic mass is 32.2. The largest absolute Gasteiger partial charge is 0.356 e. The van der Waals surface area contributed by atoms with Crippen LogP contribution in [0.3, 0.4) is 0 Å². The first kappa shape index (κ1) is 13.4. The first-order valence-electron chi connectivity index (χ1n) is 6.12. The van der Waals surface area contributed by atoms with E-state index in [0.29, 0.717) is 0 Å². The Balaban J connectivity index is 2.26. The molecule has 92 valence electrons. The number of aryl methyl sites for hydroxylation is 1. The number of unbranched alkanes of at least 4 members (excludes halogenated alkanes) is 2. The highest BCUT2D eigenvalue weighted by Crippen LogP contribution is 2.08. The molecule has 0 bridgehead atoms. The maximum absolute atomic E-state index is 4.33. The average molecular weight is 241 g/mol. The van der Waals surface area contributed by atoms with Gasteiger partial charge in [-0.3, -0.25) is 0 Å². The molecule has 16 heavy (non-hydrogen) atoms. The average Bonchev–Trinajstić information content (AvgIpc) is 2.73. The van der Waals surface area contributed by atoms with Crippen LogP contribution in [0.25, 0.3) is 0 Å². The van der Waals surface area contributed by atoms with Crippen LogP contribution in [-0.4, -0.2) is 28.1 Å². The van der Waals surface area contributed by atoms with E-state index in [2.05, 4.69) is 34.2 Å². The van der Waals surface area contributed by atoms with Crippen LogP contribution >= 0.6 is 11.8 Å². The van der Waals surface area contributed by atoms with Crippen LogP contribution in [0.5, 0.6) is 0 Å². The molecule has 0 aliphatic rings. The molecule has 0 saturated heterocycles. The van der Waals surface area contributed by atoms with Gasteiger partial charge in [0.2, 0.25) is 5.95 Å². The third-order valence-electron chi connectivity index (χ3n) is 2.53. The van der Waals surface area contributed by atoms with Gasteiger partial charge in [-0.2, -0.15) is 11.8 Å². The van der Waals surface area contributed by atoms with Gasteiger partial charge < -0.3 is 9.88 Å². The van der Waals surface area contributed by atoms with Gasteiger partial charge in [-0.05, 0) is 31.3 Å². The number of anilines is 1. The van der Waals surface area contributed by atoms with E-state index in [9.17, 15) is 0 Å². The van der Waals surface area contributed by atoms with Gasteiger partial charge in [0.1, 0.15) is 0 Å². The summed E-state index contributed by atoms with van der Waals surface area (Å²) in [6, 6.07) is 0. The minimum atomic E-state index is 1.03. The number of hydrogen-bond acceptors (Lipinski definition) is 3. The van der Waals surface area contributed by atoms with Crippen molar-refractivity contribution in [1.82, 2.24) is 9.55 Å². The SMILES string of the molecule is CCCCNc1nccn1CCCCSC. The summed E-state index contributed by atoms with van der Waals surface area (Å²) in [7, 11) is 0. The van der Waals surface area contributed by atoms with Crippen LogP contribution < -0.4 is 5.32 Å². The van der Waals surface area contributed by atoms with Crippen molar-refractivity contribution < 1.29 is 0 Å². The quantitative estimate of drug-likeness (QED) is 0.673. The van der Waals surface area contributed by atoms with Crippen LogP contribution in [-0.2, 0) is 6.54 Å². The van der Waals surface area contributed by atoms with E-state index in [-0.39, 0.29) is 0 Å². The minimum Gasteiger partial charge on any atom is -0.356 e. The number of aromatic nitrogens is 2. The zero-order valence-electron chi connectivity index (χ0n) is 10.4. The molecule has 0 spiro atoms. The van der Waals surface area contributed by atoms with Crippen molar-refractivity contribution in [2.24, 2.45) is 0 Å². The molecule has 4 heteroatoms. The lowest BCUT2D eigenvalue weighted by Gasteiger charge is -2.09. The van der Waals surface area contributed by atoms with Gasteiger partial charge >= 0.3 is 0 Å².